The Morgan fingerprint density at radius 1 is 0.351 bits per heavy atom. The maximum absolute atomic E-state index is 2.58. The summed E-state index contributed by atoms with van der Waals surface area (Å²) >= 11 is 1.87. The fraction of sp³-hybridized carbons (Fsp3) is 0.0667. The Morgan fingerprint density at radius 3 is 1.66 bits per heavy atom. The summed E-state index contributed by atoms with van der Waals surface area (Å²) in [6.45, 7) is 6.85. The molecule has 0 N–H and O–H groups in total. The summed E-state index contributed by atoms with van der Waals surface area (Å²) < 4.78 is 2.59. The van der Waals surface area contributed by atoms with Crippen LogP contribution in [0.15, 0.2) is 279 Å². The van der Waals surface area contributed by atoms with Gasteiger partial charge in [-0.3, -0.25) is 0 Å². The zero-order chi connectivity index (χ0) is 51.7. The first-order valence-electron chi connectivity index (χ1n) is 26.8. The van der Waals surface area contributed by atoms with Crippen LogP contribution in [0.1, 0.15) is 48.6 Å². The van der Waals surface area contributed by atoms with Gasteiger partial charge in [0.05, 0.1) is 16.8 Å². The number of anilines is 3. The zero-order valence-corrected chi connectivity index (χ0v) is 44.2. The normalized spacial score (nSPS) is 12.7. The molecule has 0 bridgehead atoms. The number of rotatable bonds is 9. The number of hydrogen-bond acceptors (Lipinski definition) is 2. The molecule has 0 spiro atoms. The molecule has 12 aromatic carbocycles. The summed E-state index contributed by atoms with van der Waals surface area (Å²) in [5, 5.41) is 4.97. The van der Waals surface area contributed by atoms with Gasteiger partial charge in [-0.05, 0) is 131 Å². The smallest absolute Gasteiger partial charge is 0.0714 e. The summed E-state index contributed by atoms with van der Waals surface area (Å²) in [5.41, 5.74) is 21.0. The Morgan fingerprint density at radius 2 is 0.922 bits per heavy atom. The maximum atomic E-state index is 2.58. The van der Waals surface area contributed by atoms with Crippen LogP contribution in [0, 0.1) is 0 Å². The summed E-state index contributed by atoms with van der Waals surface area (Å²) in [4.78, 5) is 2.58. The van der Waals surface area contributed by atoms with Crippen LogP contribution in [-0.4, -0.2) is 0 Å². The SMILES string of the molecule is CC(C)(C)c1ccc(-c2ccc(N(c3ccc4c(c3)C(c3ccccc3)(c3ccccc3)c3ccccc3-4)c3ccc4ccccc4c3-c3ccccc3-c3cccc4sc5ccccc5c34)c(-c3ccccc3)c2)cc1. The van der Waals surface area contributed by atoms with Crippen LogP contribution in [0.5, 0.6) is 0 Å². The van der Waals surface area contributed by atoms with E-state index >= 15 is 0 Å². The Bertz CT molecular complexity index is 4310. The predicted molar refractivity (Wildman–Crippen MR) is 329 cm³/mol. The second-order valence-electron chi connectivity index (χ2n) is 21.5. The maximum Gasteiger partial charge on any atom is 0.0714 e. The van der Waals surface area contributed by atoms with E-state index in [1.807, 2.05) is 11.3 Å². The molecule has 0 radical (unpaired) electrons. The van der Waals surface area contributed by atoms with E-state index in [1.165, 1.54) is 103 Å². The van der Waals surface area contributed by atoms with Gasteiger partial charge in [0, 0.05) is 37.0 Å². The lowest BCUT2D eigenvalue weighted by Crippen LogP contribution is -2.28. The van der Waals surface area contributed by atoms with Gasteiger partial charge in [0.15, 0.2) is 0 Å². The second-order valence-corrected chi connectivity index (χ2v) is 22.6. The highest BCUT2D eigenvalue weighted by molar-refractivity contribution is 7.25. The fourth-order valence-electron chi connectivity index (χ4n) is 12.6. The van der Waals surface area contributed by atoms with Crippen LogP contribution in [0.25, 0.3) is 86.6 Å². The standard InChI is InChI=1S/C75H55NS/c1-74(2,3)54-42-38-50(39-43-54)53-41-46-68(65(48-53)51-22-7-4-8-23-51)76(57-44-45-61-60-31-17-19-35-66(60)75(67(61)49-57,55-25-9-5-10-26-55)56-27-11-6-12-28-56)69-47-40-52-24-13-14-29-58(52)72(69)62-32-16-15-30-59(62)63-34-21-37-71-73(63)64-33-18-20-36-70(64)77-71/h4-49H,1-3H3. The van der Waals surface area contributed by atoms with E-state index in [9.17, 15) is 0 Å². The third-order valence-electron chi connectivity index (χ3n) is 16.1. The van der Waals surface area contributed by atoms with E-state index in [0.29, 0.717) is 0 Å². The number of fused-ring (bicyclic) bond motifs is 7. The lowest BCUT2D eigenvalue weighted by molar-refractivity contribution is 0.590. The summed E-state index contributed by atoms with van der Waals surface area (Å²) in [5.74, 6) is 0. The van der Waals surface area contributed by atoms with Crippen molar-refractivity contribution in [2.24, 2.45) is 0 Å². The van der Waals surface area contributed by atoms with Gasteiger partial charge in [0.25, 0.3) is 0 Å². The minimum Gasteiger partial charge on any atom is -0.309 e. The highest BCUT2D eigenvalue weighted by Gasteiger charge is 2.46. The van der Waals surface area contributed by atoms with Crippen molar-refractivity contribution in [1.29, 1.82) is 0 Å². The zero-order valence-electron chi connectivity index (χ0n) is 43.4. The molecule has 366 valence electrons. The van der Waals surface area contributed by atoms with Gasteiger partial charge < -0.3 is 4.90 Å². The van der Waals surface area contributed by atoms with Crippen LogP contribution >= 0.6 is 11.3 Å². The monoisotopic (exact) mass is 1000 g/mol. The molecule has 14 rings (SSSR count). The average Bonchev–Trinajstić information content (AvgIpc) is 4.04. The number of thiophene rings is 1. The first-order valence-corrected chi connectivity index (χ1v) is 27.6. The molecule has 0 saturated carbocycles. The molecule has 77 heavy (non-hydrogen) atoms. The summed E-state index contributed by atoms with van der Waals surface area (Å²) in [7, 11) is 0. The van der Waals surface area contributed by atoms with Crippen LogP contribution < -0.4 is 4.90 Å². The van der Waals surface area contributed by atoms with Crippen LogP contribution in [0.2, 0.25) is 0 Å². The van der Waals surface area contributed by atoms with E-state index in [-0.39, 0.29) is 5.41 Å². The lowest BCUT2D eigenvalue weighted by Gasteiger charge is -2.35. The van der Waals surface area contributed by atoms with Gasteiger partial charge in [-0.25, -0.2) is 0 Å². The molecule has 1 aromatic heterocycles. The Balaban J connectivity index is 1.09. The van der Waals surface area contributed by atoms with E-state index in [4.69, 9.17) is 0 Å². The molecule has 1 nitrogen and oxygen atoms in total. The molecule has 2 heteroatoms. The Kier molecular flexibility index (Phi) is 11.2. The molecule has 13 aromatic rings. The predicted octanol–water partition coefficient (Wildman–Crippen LogP) is 21.0. The highest BCUT2D eigenvalue weighted by atomic mass is 32.1. The molecule has 0 aliphatic heterocycles. The quantitative estimate of drug-likeness (QED) is 0.139. The molecule has 0 amide bonds. The van der Waals surface area contributed by atoms with Gasteiger partial charge in [0.1, 0.15) is 0 Å². The first-order chi connectivity index (χ1) is 37.8. The molecule has 1 heterocycles. The molecule has 0 saturated heterocycles. The molecular weight excluding hydrogens is 947 g/mol. The fourth-order valence-corrected chi connectivity index (χ4v) is 13.7. The molecule has 0 atom stereocenters. The second kappa shape index (κ2) is 18.6. The number of hydrogen-bond donors (Lipinski definition) is 0. The van der Waals surface area contributed by atoms with Crippen LogP contribution in [0.4, 0.5) is 17.1 Å². The summed E-state index contributed by atoms with van der Waals surface area (Å²) in [6.07, 6.45) is 0. The van der Waals surface area contributed by atoms with Crippen molar-refractivity contribution in [2.75, 3.05) is 4.90 Å². The summed E-state index contributed by atoms with van der Waals surface area (Å²) in [6, 6.07) is 104. The van der Waals surface area contributed by atoms with Crippen molar-refractivity contribution in [3.05, 3.63) is 307 Å². The van der Waals surface area contributed by atoms with E-state index in [0.717, 1.165) is 28.2 Å². The van der Waals surface area contributed by atoms with Crippen molar-refractivity contribution in [2.45, 2.75) is 31.6 Å². The molecule has 1 aliphatic carbocycles. The van der Waals surface area contributed by atoms with Gasteiger partial charge in [0.2, 0.25) is 0 Å². The topological polar surface area (TPSA) is 3.24 Å². The molecule has 0 unspecified atom stereocenters. The van der Waals surface area contributed by atoms with E-state index in [2.05, 4.69) is 305 Å². The van der Waals surface area contributed by atoms with Crippen molar-refractivity contribution >= 4 is 59.3 Å². The molecular formula is C75H55NS. The van der Waals surface area contributed by atoms with E-state index in [1.54, 1.807) is 0 Å². The number of nitrogens with zero attached hydrogens (tertiary/aromatic N) is 1. The van der Waals surface area contributed by atoms with E-state index < -0.39 is 5.41 Å². The largest absolute Gasteiger partial charge is 0.309 e. The van der Waals surface area contributed by atoms with Crippen LogP contribution in [0.3, 0.4) is 0 Å². The van der Waals surface area contributed by atoms with Gasteiger partial charge in [-0.1, -0.05) is 257 Å². The van der Waals surface area contributed by atoms with Gasteiger partial charge in [-0.2, -0.15) is 0 Å². The number of benzene rings is 12. The Hall–Kier alpha value is -9.08. The van der Waals surface area contributed by atoms with Crippen molar-refractivity contribution in [3.8, 4) is 55.6 Å². The minimum atomic E-state index is -0.595. The van der Waals surface area contributed by atoms with Gasteiger partial charge >= 0.3 is 0 Å². The third kappa shape index (κ3) is 7.66. The van der Waals surface area contributed by atoms with Crippen LogP contribution in [-0.2, 0) is 10.8 Å². The Labute approximate surface area is 455 Å². The molecule has 1 aliphatic rings. The van der Waals surface area contributed by atoms with Crippen molar-refractivity contribution < 1.29 is 0 Å². The first kappa shape index (κ1) is 46.5. The average molecular weight is 1000 g/mol. The lowest BCUT2D eigenvalue weighted by atomic mass is 9.67. The minimum absolute atomic E-state index is 0.0497. The third-order valence-corrected chi connectivity index (χ3v) is 17.3. The van der Waals surface area contributed by atoms with Crippen molar-refractivity contribution in [1.82, 2.24) is 0 Å². The molecule has 0 fully saturated rings. The highest BCUT2D eigenvalue weighted by Crippen LogP contribution is 2.58. The van der Waals surface area contributed by atoms with Gasteiger partial charge in [-0.15, -0.1) is 11.3 Å². The van der Waals surface area contributed by atoms with Crippen molar-refractivity contribution in [3.63, 3.8) is 0 Å².